The van der Waals surface area contributed by atoms with Crippen LogP contribution < -0.4 is 15.9 Å². The zero-order chi connectivity index (χ0) is 40.6. The number of aryl methyl sites for hydroxylation is 1. The van der Waals surface area contributed by atoms with E-state index in [2.05, 4.69) is 24.1 Å². The first-order chi connectivity index (χ1) is 26.3. The summed E-state index contributed by atoms with van der Waals surface area (Å²) in [7, 11) is 1.13. The maximum absolute atomic E-state index is 13.8. The minimum absolute atomic E-state index is 0.0395. The molecule has 2 aromatic rings. The summed E-state index contributed by atoms with van der Waals surface area (Å²) in [6.45, 7) is 4.82. The van der Waals surface area contributed by atoms with E-state index in [0.717, 1.165) is 52.1 Å². The Morgan fingerprint density at radius 3 is 2.20 bits per heavy atom. The van der Waals surface area contributed by atoms with Crippen LogP contribution in [0, 0.1) is 24.7 Å². The number of hydrogen-bond donors (Lipinski definition) is 3. The SMILES string of the molecule is CC#CCOc1ccc(C[C@H](NC(=O)[C@@H](/C=C/CCCCCCC(=O)CCCCCCC)[C@@](O)(CC(=O)OCc2oc(=O)oc2C)C(=O)O)C(=O)OC)cc1. The summed E-state index contributed by atoms with van der Waals surface area (Å²) in [4.78, 5) is 75.7. The van der Waals surface area contributed by atoms with Crippen molar-refractivity contribution in [1.82, 2.24) is 5.32 Å². The second-order valence-corrected chi connectivity index (χ2v) is 13.2. The van der Waals surface area contributed by atoms with Gasteiger partial charge in [-0.25, -0.2) is 14.4 Å². The Hall–Kier alpha value is -5.16. The monoisotopic (exact) mass is 769 g/mol. The topological polar surface area (TPSA) is 209 Å². The zero-order valence-corrected chi connectivity index (χ0v) is 32.3. The van der Waals surface area contributed by atoms with Crippen LogP contribution in [-0.4, -0.2) is 65.2 Å². The first kappa shape index (κ1) is 46.0. The van der Waals surface area contributed by atoms with Gasteiger partial charge in [-0.05, 0) is 57.2 Å². The number of aliphatic carboxylic acids is 1. The predicted octanol–water partition coefficient (Wildman–Crippen LogP) is 5.54. The van der Waals surface area contributed by atoms with Crippen molar-refractivity contribution in [2.75, 3.05) is 13.7 Å². The highest BCUT2D eigenvalue weighted by Crippen LogP contribution is 2.27. The second-order valence-electron chi connectivity index (χ2n) is 13.2. The summed E-state index contributed by atoms with van der Waals surface area (Å²) in [6, 6.07) is 5.36. The molecule has 0 saturated heterocycles. The number of amides is 1. The number of benzene rings is 1. The fourth-order valence-electron chi connectivity index (χ4n) is 5.67. The molecular weight excluding hydrogens is 714 g/mol. The summed E-state index contributed by atoms with van der Waals surface area (Å²) in [6.07, 6.45) is 11.4. The largest absolute Gasteiger partial charge is 0.519 e. The van der Waals surface area contributed by atoms with Gasteiger partial charge in [-0.2, -0.15) is 0 Å². The van der Waals surface area contributed by atoms with E-state index in [0.29, 0.717) is 37.0 Å². The lowest BCUT2D eigenvalue weighted by molar-refractivity contribution is -0.174. The number of carboxylic acid groups (broad SMARTS) is 1. The third-order valence-corrected chi connectivity index (χ3v) is 8.90. The maximum atomic E-state index is 13.8. The molecule has 0 saturated carbocycles. The average molecular weight is 770 g/mol. The second kappa shape index (κ2) is 25.0. The van der Waals surface area contributed by atoms with Gasteiger partial charge in [-0.1, -0.05) is 75.7 Å². The third-order valence-electron chi connectivity index (χ3n) is 8.90. The number of aliphatic hydroxyl groups is 1. The van der Waals surface area contributed by atoms with E-state index >= 15 is 0 Å². The van der Waals surface area contributed by atoms with Crippen LogP contribution in [0.25, 0.3) is 0 Å². The quantitative estimate of drug-likeness (QED) is 0.0442. The molecule has 302 valence electrons. The van der Waals surface area contributed by atoms with Gasteiger partial charge in [0.05, 0.1) is 19.4 Å². The highest BCUT2D eigenvalue weighted by molar-refractivity contribution is 5.95. The van der Waals surface area contributed by atoms with Crippen molar-refractivity contribution in [3.63, 3.8) is 0 Å². The van der Waals surface area contributed by atoms with E-state index in [-0.39, 0.29) is 30.3 Å². The number of rotatable bonds is 27. The van der Waals surface area contributed by atoms with Crippen molar-refractivity contribution >= 4 is 29.6 Å². The van der Waals surface area contributed by atoms with Crippen LogP contribution in [0.3, 0.4) is 0 Å². The number of methoxy groups -OCH3 is 1. The molecule has 0 aliphatic heterocycles. The molecular formula is C41H55NO13. The van der Waals surface area contributed by atoms with Gasteiger partial charge in [0.25, 0.3) is 0 Å². The van der Waals surface area contributed by atoms with E-state index in [4.69, 9.17) is 23.0 Å². The zero-order valence-electron chi connectivity index (χ0n) is 32.3. The molecule has 2 rings (SSSR count). The summed E-state index contributed by atoms with van der Waals surface area (Å²) < 4.78 is 25.0. The highest BCUT2D eigenvalue weighted by atomic mass is 16.6. The third kappa shape index (κ3) is 16.8. The Labute approximate surface area is 322 Å². The molecule has 1 aromatic heterocycles. The van der Waals surface area contributed by atoms with Gasteiger partial charge in [0.15, 0.2) is 23.7 Å². The fourth-order valence-corrected chi connectivity index (χ4v) is 5.67. The van der Waals surface area contributed by atoms with Crippen LogP contribution in [-0.2, 0) is 46.5 Å². The molecule has 1 aromatic carbocycles. The number of unbranched alkanes of at least 4 members (excludes halogenated alkanes) is 8. The Morgan fingerprint density at radius 2 is 1.62 bits per heavy atom. The van der Waals surface area contributed by atoms with Crippen LogP contribution in [0.5, 0.6) is 5.75 Å². The fraction of sp³-hybridized carbons (Fsp3) is 0.561. The van der Waals surface area contributed by atoms with Gasteiger partial charge in [-0.15, -0.1) is 5.92 Å². The number of nitrogens with one attached hydrogen (secondary N) is 1. The molecule has 0 fully saturated rings. The van der Waals surface area contributed by atoms with E-state index in [1.807, 2.05) is 0 Å². The van der Waals surface area contributed by atoms with Crippen molar-refractivity contribution in [3.05, 3.63) is 64.1 Å². The Kier molecular flexibility index (Phi) is 20.9. The van der Waals surface area contributed by atoms with Gasteiger partial charge < -0.3 is 38.6 Å². The number of hydrogen-bond acceptors (Lipinski definition) is 12. The number of carboxylic acids is 1. The number of allylic oxidation sites excluding steroid dienone is 1. The van der Waals surface area contributed by atoms with Crippen molar-refractivity contribution in [2.45, 2.75) is 129 Å². The minimum atomic E-state index is -3.03. The predicted molar refractivity (Wildman–Crippen MR) is 201 cm³/mol. The Balaban J connectivity index is 2.18. The van der Waals surface area contributed by atoms with Gasteiger partial charge in [0, 0.05) is 19.3 Å². The van der Waals surface area contributed by atoms with E-state index < -0.39 is 60.2 Å². The molecule has 3 N–H and O–H groups in total. The molecule has 1 heterocycles. The summed E-state index contributed by atoms with van der Waals surface area (Å²) >= 11 is 0. The molecule has 0 bridgehead atoms. The molecule has 0 radical (unpaired) electrons. The van der Waals surface area contributed by atoms with E-state index in [1.165, 1.54) is 25.5 Å². The maximum Gasteiger partial charge on any atom is 0.519 e. The molecule has 1 amide bonds. The first-order valence-corrected chi connectivity index (χ1v) is 18.7. The van der Waals surface area contributed by atoms with E-state index in [9.17, 15) is 39.0 Å². The van der Waals surface area contributed by atoms with Crippen LogP contribution in [0.4, 0.5) is 0 Å². The molecule has 0 unspecified atom stereocenters. The molecule has 0 aliphatic rings. The van der Waals surface area contributed by atoms with Crippen molar-refractivity contribution in [2.24, 2.45) is 5.92 Å². The molecule has 0 aliphatic carbocycles. The number of carbonyl (C=O) groups excluding carboxylic acids is 4. The number of ketones is 1. The van der Waals surface area contributed by atoms with Crippen LogP contribution >= 0.6 is 0 Å². The number of carbonyl (C=O) groups is 5. The lowest BCUT2D eigenvalue weighted by atomic mass is 9.82. The standard InChI is InChI=1S/C41H55NO13/c1-5-7-9-12-15-18-31(43)19-16-13-10-11-14-17-20-33(41(50,39(47)48)27-36(44)53-28-35-29(3)54-40(49)55-35)37(45)42-34(38(46)51-4)26-30-21-23-32(24-22-30)52-25-8-6-2/h17,20-24,33-34,50H,5,7,9-16,18-19,25-28H2,1-4H3,(H,42,45)(H,47,48)/b20-17+/t33-,34+,41+/m1/s1. The molecule has 14 nitrogen and oxygen atoms in total. The lowest BCUT2D eigenvalue weighted by Gasteiger charge is -2.30. The van der Waals surface area contributed by atoms with Crippen LogP contribution in [0.1, 0.15) is 114 Å². The Morgan fingerprint density at radius 1 is 0.964 bits per heavy atom. The smallest absolute Gasteiger partial charge is 0.481 e. The summed E-state index contributed by atoms with van der Waals surface area (Å²) in [5.74, 6) is -1.69. The normalized spacial score (nSPS) is 13.2. The Bertz CT molecular complexity index is 1680. The van der Waals surface area contributed by atoms with Crippen molar-refractivity contribution < 1.29 is 57.2 Å². The van der Waals surface area contributed by atoms with E-state index in [1.54, 1.807) is 31.2 Å². The molecule has 14 heteroatoms. The molecule has 55 heavy (non-hydrogen) atoms. The summed E-state index contributed by atoms with van der Waals surface area (Å²) in [5.41, 5.74) is -2.43. The van der Waals surface area contributed by atoms with Gasteiger partial charge in [-0.3, -0.25) is 14.4 Å². The number of Topliss-reactive ketones (excluding diaryl/α,β-unsaturated/α-hetero) is 1. The lowest BCUT2D eigenvalue weighted by Crippen LogP contribution is -2.55. The number of esters is 2. The number of ether oxygens (including phenoxy) is 3. The minimum Gasteiger partial charge on any atom is -0.481 e. The van der Waals surface area contributed by atoms with Gasteiger partial charge in [0.1, 0.15) is 24.2 Å². The highest BCUT2D eigenvalue weighted by Gasteiger charge is 2.49. The average Bonchev–Trinajstić information content (AvgIpc) is 3.48. The molecule has 0 spiro atoms. The van der Waals surface area contributed by atoms with Crippen LogP contribution in [0.15, 0.2) is 50.0 Å². The molecule has 3 atom stereocenters. The first-order valence-electron chi connectivity index (χ1n) is 18.7. The van der Waals surface area contributed by atoms with Gasteiger partial charge >= 0.3 is 23.7 Å². The van der Waals surface area contributed by atoms with Crippen molar-refractivity contribution in [1.29, 1.82) is 0 Å². The summed E-state index contributed by atoms with van der Waals surface area (Å²) in [5, 5.41) is 24.2. The van der Waals surface area contributed by atoms with Crippen LogP contribution in [0.2, 0.25) is 0 Å². The van der Waals surface area contributed by atoms with Gasteiger partial charge in [0.2, 0.25) is 5.91 Å². The van der Waals surface area contributed by atoms with Crippen molar-refractivity contribution in [3.8, 4) is 17.6 Å².